The van der Waals surface area contributed by atoms with Gasteiger partial charge in [-0.05, 0) is 39.4 Å². The lowest BCUT2D eigenvalue weighted by Gasteiger charge is -2.04. The van der Waals surface area contributed by atoms with Crippen LogP contribution in [0, 0.1) is 0 Å². The Labute approximate surface area is 85.8 Å². The fourth-order valence-electron chi connectivity index (χ4n) is 1.44. The van der Waals surface area contributed by atoms with E-state index in [-0.39, 0.29) is 0 Å². The van der Waals surface area contributed by atoms with Gasteiger partial charge in [0.25, 0.3) is 0 Å². The quantitative estimate of drug-likeness (QED) is 0.724. The Kier molecular flexibility index (Phi) is 4.40. The van der Waals surface area contributed by atoms with Crippen LogP contribution in [0.3, 0.4) is 0 Å². The van der Waals surface area contributed by atoms with E-state index in [0.29, 0.717) is 0 Å². The van der Waals surface area contributed by atoms with Gasteiger partial charge in [-0.25, -0.2) is 4.98 Å². The van der Waals surface area contributed by atoms with E-state index < -0.39 is 0 Å². The van der Waals surface area contributed by atoms with Crippen LogP contribution in [0.2, 0.25) is 0 Å². The molecule has 0 unspecified atom stereocenters. The Bertz CT molecular complexity index is 299. The van der Waals surface area contributed by atoms with Gasteiger partial charge >= 0.3 is 0 Å². The highest BCUT2D eigenvalue weighted by Gasteiger charge is 2.01. The molecule has 0 fully saturated rings. The molecule has 0 aromatic carbocycles. The smallest absolute Gasteiger partial charge is 0.135 e. The molecule has 3 heteroatoms. The van der Waals surface area contributed by atoms with Crippen molar-refractivity contribution in [1.29, 1.82) is 0 Å². The number of aromatic nitrogens is 2. The van der Waals surface area contributed by atoms with Gasteiger partial charge in [-0.3, -0.25) is 0 Å². The molecule has 1 heterocycles. The summed E-state index contributed by atoms with van der Waals surface area (Å²) in [6.45, 7) is 6.24. The van der Waals surface area contributed by atoms with Crippen LogP contribution in [0.1, 0.15) is 26.1 Å². The van der Waals surface area contributed by atoms with E-state index in [1.54, 1.807) is 0 Å². The lowest BCUT2D eigenvalue weighted by molar-refractivity contribution is 0.746. The largest absolute Gasteiger partial charge is 0.332 e. The molecule has 1 rings (SSSR count). The maximum atomic E-state index is 4.34. The number of nitrogens with zero attached hydrogens (tertiary/aromatic N) is 2. The second-order valence-electron chi connectivity index (χ2n) is 3.32. The first-order valence-corrected chi connectivity index (χ1v) is 5.12. The number of aryl methyl sites for hydroxylation is 1. The van der Waals surface area contributed by atoms with Crippen molar-refractivity contribution in [3.63, 3.8) is 0 Å². The molecule has 0 aliphatic rings. The van der Waals surface area contributed by atoms with Crippen LogP contribution in [0.15, 0.2) is 18.5 Å². The van der Waals surface area contributed by atoms with Gasteiger partial charge in [-0.2, -0.15) is 0 Å². The highest BCUT2D eigenvalue weighted by Crippen LogP contribution is 2.11. The number of hydrogen-bond acceptors (Lipinski definition) is 2. The predicted molar refractivity (Wildman–Crippen MR) is 60.1 cm³/mol. The normalized spacial score (nSPS) is 12.1. The third-order valence-electron chi connectivity index (χ3n) is 2.25. The van der Waals surface area contributed by atoms with E-state index in [0.717, 1.165) is 25.3 Å². The van der Waals surface area contributed by atoms with Crippen molar-refractivity contribution >= 4 is 5.57 Å². The van der Waals surface area contributed by atoms with Crippen molar-refractivity contribution in [3.8, 4) is 0 Å². The maximum absolute atomic E-state index is 4.34. The SMILES string of the molecule is CCn1ccnc1C(C)=CCCNC. The van der Waals surface area contributed by atoms with E-state index >= 15 is 0 Å². The summed E-state index contributed by atoms with van der Waals surface area (Å²) in [6, 6.07) is 0. The van der Waals surface area contributed by atoms with E-state index in [1.165, 1.54) is 5.57 Å². The second kappa shape index (κ2) is 5.60. The molecule has 14 heavy (non-hydrogen) atoms. The van der Waals surface area contributed by atoms with Gasteiger partial charge in [-0.15, -0.1) is 0 Å². The van der Waals surface area contributed by atoms with Gasteiger partial charge in [0.1, 0.15) is 5.82 Å². The number of allylic oxidation sites excluding steroid dienone is 1. The topological polar surface area (TPSA) is 29.9 Å². The van der Waals surface area contributed by atoms with E-state index in [4.69, 9.17) is 0 Å². The van der Waals surface area contributed by atoms with Crippen LogP contribution < -0.4 is 5.32 Å². The molecule has 78 valence electrons. The summed E-state index contributed by atoms with van der Waals surface area (Å²) in [6.07, 6.45) is 7.16. The average Bonchev–Trinajstić information content (AvgIpc) is 2.65. The van der Waals surface area contributed by atoms with Crippen molar-refractivity contribution in [2.75, 3.05) is 13.6 Å². The number of nitrogens with one attached hydrogen (secondary N) is 1. The van der Waals surface area contributed by atoms with Gasteiger partial charge in [-0.1, -0.05) is 6.08 Å². The number of rotatable bonds is 5. The number of hydrogen-bond donors (Lipinski definition) is 1. The van der Waals surface area contributed by atoms with E-state index in [1.807, 2.05) is 19.4 Å². The Hall–Kier alpha value is -1.09. The lowest BCUT2D eigenvalue weighted by atomic mass is 10.2. The number of imidazole rings is 1. The summed E-state index contributed by atoms with van der Waals surface area (Å²) in [5, 5.41) is 3.13. The maximum Gasteiger partial charge on any atom is 0.135 e. The lowest BCUT2D eigenvalue weighted by Crippen LogP contribution is -2.06. The van der Waals surface area contributed by atoms with Gasteiger partial charge < -0.3 is 9.88 Å². The van der Waals surface area contributed by atoms with Crippen molar-refractivity contribution in [3.05, 3.63) is 24.3 Å². The monoisotopic (exact) mass is 193 g/mol. The molecule has 0 aliphatic heterocycles. The summed E-state index contributed by atoms with van der Waals surface area (Å²) in [5.74, 6) is 1.09. The van der Waals surface area contributed by atoms with Crippen LogP contribution in [0.4, 0.5) is 0 Å². The highest BCUT2D eigenvalue weighted by molar-refractivity contribution is 5.57. The first-order valence-electron chi connectivity index (χ1n) is 5.12. The summed E-state index contributed by atoms with van der Waals surface area (Å²) in [7, 11) is 1.97. The molecule has 3 nitrogen and oxygen atoms in total. The van der Waals surface area contributed by atoms with Crippen LogP contribution in [0.25, 0.3) is 5.57 Å². The Morgan fingerprint density at radius 2 is 2.43 bits per heavy atom. The average molecular weight is 193 g/mol. The molecule has 0 spiro atoms. The first-order chi connectivity index (χ1) is 6.79. The molecule has 0 amide bonds. The standard InChI is InChI=1S/C11H19N3/c1-4-14-9-8-13-11(14)10(2)6-5-7-12-3/h6,8-9,12H,4-5,7H2,1-3H3. The van der Waals surface area contributed by atoms with Crippen LogP contribution in [-0.2, 0) is 6.54 Å². The molecule has 1 aromatic rings. The van der Waals surface area contributed by atoms with Gasteiger partial charge in [0.2, 0.25) is 0 Å². The summed E-state index contributed by atoms with van der Waals surface area (Å²) < 4.78 is 2.16. The van der Waals surface area contributed by atoms with E-state index in [2.05, 4.69) is 34.8 Å². The highest BCUT2D eigenvalue weighted by atomic mass is 15.1. The molecule has 0 bridgehead atoms. The molecule has 0 saturated heterocycles. The first kappa shape index (κ1) is 11.0. The van der Waals surface area contributed by atoms with Crippen molar-refractivity contribution < 1.29 is 0 Å². The molecule has 0 radical (unpaired) electrons. The minimum absolute atomic E-state index is 0.979. The summed E-state index contributed by atoms with van der Waals surface area (Å²) in [5.41, 5.74) is 1.26. The molecule has 1 aromatic heterocycles. The van der Waals surface area contributed by atoms with Crippen molar-refractivity contribution in [2.45, 2.75) is 26.8 Å². The molecular weight excluding hydrogens is 174 g/mol. The van der Waals surface area contributed by atoms with E-state index in [9.17, 15) is 0 Å². The molecule has 1 N–H and O–H groups in total. The Balaban J connectivity index is 2.67. The Morgan fingerprint density at radius 1 is 1.64 bits per heavy atom. The van der Waals surface area contributed by atoms with Crippen molar-refractivity contribution in [2.24, 2.45) is 0 Å². The zero-order chi connectivity index (χ0) is 10.4. The van der Waals surface area contributed by atoms with Gasteiger partial charge in [0.05, 0.1) is 0 Å². The third kappa shape index (κ3) is 2.70. The minimum Gasteiger partial charge on any atom is -0.332 e. The third-order valence-corrected chi connectivity index (χ3v) is 2.25. The molecule has 0 atom stereocenters. The zero-order valence-electron chi connectivity index (χ0n) is 9.25. The second-order valence-corrected chi connectivity index (χ2v) is 3.32. The van der Waals surface area contributed by atoms with Crippen LogP contribution in [-0.4, -0.2) is 23.1 Å². The fourth-order valence-corrected chi connectivity index (χ4v) is 1.44. The summed E-state index contributed by atoms with van der Waals surface area (Å²) >= 11 is 0. The predicted octanol–water partition coefficient (Wildman–Crippen LogP) is 1.92. The van der Waals surface area contributed by atoms with Gasteiger partial charge in [0.15, 0.2) is 0 Å². The van der Waals surface area contributed by atoms with Crippen LogP contribution >= 0.6 is 0 Å². The minimum atomic E-state index is 0.979. The zero-order valence-corrected chi connectivity index (χ0v) is 9.25. The summed E-state index contributed by atoms with van der Waals surface area (Å²) in [4.78, 5) is 4.34. The molecule has 0 aliphatic carbocycles. The van der Waals surface area contributed by atoms with Crippen molar-refractivity contribution in [1.82, 2.24) is 14.9 Å². The van der Waals surface area contributed by atoms with Crippen LogP contribution in [0.5, 0.6) is 0 Å². The van der Waals surface area contributed by atoms with Gasteiger partial charge in [0, 0.05) is 18.9 Å². The fraction of sp³-hybridized carbons (Fsp3) is 0.545. The Morgan fingerprint density at radius 3 is 3.07 bits per heavy atom. The molecule has 0 saturated carbocycles. The molecular formula is C11H19N3.